The van der Waals surface area contributed by atoms with Gasteiger partial charge in [-0.2, -0.15) is 9.57 Å². The van der Waals surface area contributed by atoms with Crippen LogP contribution in [0.2, 0.25) is 0 Å². The van der Waals surface area contributed by atoms with Crippen LogP contribution < -0.4 is 4.90 Å². The van der Waals surface area contributed by atoms with Crippen molar-refractivity contribution in [1.29, 1.82) is 5.26 Å². The van der Waals surface area contributed by atoms with Crippen molar-refractivity contribution in [2.45, 2.75) is 31.3 Å². The molecular formula is C25H25N7O2S. The first-order chi connectivity index (χ1) is 17.0. The second-order valence-corrected chi connectivity index (χ2v) is 10.5. The molecule has 0 spiro atoms. The number of H-pyrrole nitrogens is 2. The maximum absolute atomic E-state index is 13.8. The van der Waals surface area contributed by atoms with Crippen molar-refractivity contribution in [1.82, 2.24) is 24.2 Å². The lowest BCUT2D eigenvalue weighted by molar-refractivity contribution is 0.317. The van der Waals surface area contributed by atoms with E-state index in [1.165, 1.54) is 6.33 Å². The molecule has 0 radical (unpaired) electrons. The molecule has 10 heteroatoms. The average molecular weight is 488 g/mol. The summed E-state index contributed by atoms with van der Waals surface area (Å²) in [5.74, 6) is -0.200. The van der Waals surface area contributed by atoms with Crippen molar-refractivity contribution in [3.63, 3.8) is 0 Å². The van der Waals surface area contributed by atoms with Crippen LogP contribution >= 0.6 is 0 Å². The standard InChI is InChI=1S/C25H25N7O2S/c26-10-20-6-7-25-21(8-20)13-32(35(33,34)16-23-12-28-18-30-23)24(9-19-4-2-1-3-5-19)15-31(25)14-22-11-27-17-29-22/h1-8,11-12,17-18,24H,9,13-16H2,(H,27,29)(H,28,30)/t24-/m1/s1. The van der Waals surface area contributed by atoms with Crippen LogP contribution in [0.4, 0.5) is 5.69 Å². The number of rotatable bonds is 7. The molecule has 9 nitrogen and oxygen atoms in total. The summed E-state index contributed by atoms with van der Waals surface area (Å²) in [7, 11) is -3.73. The number of sulfonamides is 1. The van der Waals surface area contributed by atoms with E-state index in [0.29, 0.717) is 30.8 Å². The number of aromatic nitrogens is 4. The predicted molar refractivity (Wildman–Crippen MR) is 131 cm³/mol. The molecule has 178 valence electrons. The van der Waals surface area contributed by atoms with E-state index in [1.807, 2.05) is 42.6 Å². The first-order valence-corrected chi connectivity index (χ1v) is 12.9. The van der Waals surface area contributed by atoms with Crippen LogP contribution in [0, 0.1) is 11.3 Å². The van der Waals surface area contributed by atoms with E-state index in [2.05, 4.69) is 30.9 Å². The predicted octanol–water partition coefficient (Wildman–Crippen LogP) is 2.97. The minimum absolute atomic E-state index is 0.173. The Balaban J connectivity index is 1.58. The van der Waals surface area contributed by atoms with Gasteiger partial charge in [0.1, 0.15) is 5.75 Å². The van der Waals surface area contributed by atoms with Gasteiger partial charge < -0.3 is 14.9 Å². The summed E-state index contributed by atoms with van der Waals surface area (Å²) in [6.07, 6.45) is 7.11. The van der Waals surface area contributed by atoms with Crippen LogP contribution in [0.1, 0.15) is 28.1 Å². The van der Waals surface area contributed by atoms with Crippen LogP contribution in [-0.4, -0.2) is 45.2 Å². The summed E-state index contributed by atoms with van der Waals surface area (Å²) in [5, 5.41) is 9.51. The van der Waals surface area contributed by atoms with Gasteiger partial charge in [0.2, 0.25) is 10.0 Å². The Bertz CT molecular complexity index is 1410. The van der Waals surface area contributed by atoms with E-state index in [0.717, 1.165) is 22.5 Å². The summed E-state index contributed by atoms with van der Waals surface area (Å²) >= 11 is 0. The second kappa shape index (κ2) is 9.74. The Hall–Kier alpha value is -3.94. The maximum atomic E-state index is 13.8. The highest BCUT2D eigenvalue weighted by Crippen LogP contribution is 2.32. The van der Waals surface area contributed by atoms with E-state index < -0.39 is 10.0 Å². The summed E-state index contributed by atoms with van der Waals surface area (Å²) < 4.78 is 29.1. The van der Waals surface area contributed by atoms with Crippen LogP contribution in [-0.2, 0) is 35.3 Å². The number of fused-ring (bicyclic) bond motifs is 1. The molecule has 0 saturated heterocycles. The van der Waals surface area contributed by atoms with E-state index in [4.69, 9.17) is 0 Å². The van der Waals surface area contributed by atoms with Crippen molar-refractivity contribution in [3.05, 3.63) is 102 Å². The molecule has 2 N–H and O–H groups in total. The molecule has 0 aliphatic carbocycles. The minimum atomic E-state index is -3.73. The molecule has 0 amide bonds. The van der Waals surface area contributed by atoms with Gasteiger partial charge in [-0.15, -0.1) is 0 Å². The summed E-state index contributed by atoms with van der Waals surface area (Å²) in [6.45, 7) is 1.16. The molecule has 0 saturated carbocycles. The van der Waals surface area contributed by atoms with Crippen molar-refractivity contribution in [2.24, 2.45) is 0 Å². The SMILES string of the molecule is N#Cc1ccc2c(c1)CN(S(=O)(=O)Cc1c[nH]cn1)[C@H](Cc1ccccc1)CN2Cc1c[nH]cn1. The molecule has 1 aliphatic heterocycles. The molecule has 3 heterocycles. The third kappa shape index (κ3) is 5.11. The smallest absolute Gasteiger partial charge is 0.220 e. The third-order valence-electron chi connectivity index (χ3n) is 6.18. The highest BCUT2D eigenvalue weighted by Gasteiger charge is 2.36. The Morgan fingerprint density at radius 3 is 2.46 bits per heavy atom. The fraction of sp³-hybridized carbons (Fsp3) is 0.240. The average Bonchev–Trinajstić information content (AvgIpc) is 3.53. The number of anilines is 1. The fourth-order valence-corrected chi connectivity index (χ4v) is 6.20. The zero-order chi connectivity index (χ0) is 24.3. The number of nitrogens with one attached hydrogen (secondary N) is 2. The molecule has 0 unspecified atom stereocenters. The number of nitriles is 1. The quantitative estimate of drug-likeness (QED) is 0.413. The van der Waals surface area contributed by atoms with Gasteiger partial charge in [-0.05, 0) is 35.7 Å². The maximum Gasteiger partial charge on any atom is 0.220 e. The second-order valence-electron chi connectivity index (χ2n) is 8.60. The fourth-order valence-electron chi connectivity index (χ4n) is 4.57. The van der Waals surface area contributed by atoms with Crippen LogP contribution in [0.5, 0.6) is 0 Å². The Kier molecular flexibility index (Phi) is 6.35. The molecule has 5 rings (SSSR count). The van der Waals surface area contributed by atoms with Gasteiger partial charge in [-0.25, -0.2) is 18.4 Å². The third-order valence-corrected chi connectivity index (χ3v) is 7.98. The highest BCUT2D eigenvalue weighted by atomic mass is 32.2. The van der Waals surface area contributed by atoms with E-state index in [9.17, 15) is 13.7 Å². The molecule has 2 aromatic carbocycles. The largest absolute Gasteiger partial charge is 0.364 e. The number of hydrogen-bond donors (Lipinski definition) is 2. The first-order valence-electron chi connectivity index (χ1n) is 11.3. The Labute approximate surface area is 204 Å². The molecule has 4 aromatic rings. The molecule has 1 aliphatic rings. The summed E-state index contributed by atoms with van der Waals surface area (Å²) in [4.78, 5) is 16.5. The van der Waals surface area contributed by atoms with Gasteiger partial charge in [-0.3, -0.25) is 0 Å². The zero-order valence-electron chi connectivity index (χ0n) is 19.0. The lowest BCUT2D eigenvalue weighted by atomic mass is 10.1. The van der Waals surface area contributed by atoms with E-state index in [1.54, 1.807) is 29.0 Å². The topological polar surface area (TPSA) is 122 Å². The lowest BCUT2D eigenvalue weighted by Crippen LogP contribution is -2.46. The van der Waals surface area contributed by atoms with Gasteiger partial charge in [-0.1, -0.05) is 30.3 Å². The Morgan fingerprint density at radius 2 is 1.77 bits per heavy atom. The van der Waals surface area contributed by atoms with Crippen LogP contribution in [0.15, 0.2) is 73.6 Å². The van der Waals surface area contributed by atoms with Crippen LogP contribution in [0.25, 0.3) is 0 Å². The number of imidazole rings is 2. The first kappa shape index (κ1) is 22.8. The number of benzene rings is 2. The molecule has 35 heavy (non-hydrogen) atoms. The zero-order valence-corrected chi connectivity index (χ0v) is 19.8. The monoisotopic (exact) mass is 487 g/mol. The summed E-state index contributed by atoms with van der Waals surface area (Å²) in [5.41, 5.74) is 4.57. The van der Waals surface area contributed by atoms with Gasteiger partial charge in [0.25, 0.3) is 0 Å². The van der Waals surface area contributed by atoms with Crippen molar-refractivity contribution < 1.29 is 8.42 Å². The van der Waals surface area contributed by atoms with Crippen LogP contribution in [0.3, 0.4) is 0 Å². The molecular weight excluding hydrogens is 462 g/mol. The number of hydrogen-bond acceptors (Lipinski definition) is 6. The van der Waals surface area contributed by atoms with Crippen molar-refractivity contribution in [2.75, 3.05) is 11.4 Å². The van der Waals surface area contributed by atoms with Gasteiger partial charge in [0.15, 0.2) is 0 Å². The summed E-state index contributed by atoms with van der Waals surface area (Å²) in [6, 6.07) is 17.2. The van der Waals surface area contributed by atoms with Crippen molar-refractivity contribution >= 4 is 15.7 Å². The van der Waals surface area contributed by atoms with E-state index >= 15 is 0 Å². The van der Waals surface area contributed by atoms with E-state index in [-0.39, 0.29) is 18.3 Å². The van der Waals surface area contributed by atoms with Crippen molar-refractivity contribution in [3.8, 4) is 6.07 Å². The highest BCUT2D eigenvalue weighted by molar-refractivity contribution is 7.88. The number of aromatic amines is 2. The van der Waals surface area contributed by atoms with Gasteiger partial charge in [0, 0.05) is 37.2 Å². The van der Waals surface area contributed by atoms with Gasteiger partial charge in [0.05, 0.1) is 42.2 Å². The minimum Gasteiger partial charge on any atom is -0.364 e. The molecule has 2 aromatic heterocycles. The lowest BCUT2D eigenvalue weighted by Gasteiger charge is -2.32. The molecule has 0 fully saturated rings. The van der Waals surface area contributed by atoms with Gasteiger partial charge >= 0.3 is 0 Å². The molecule has 1 atom stereocenters. The Morgan fingerprint density at radius 1 is 1.03 bits per heavy atom. The normalized spacial score (nSPS) is 16.4. The molecule has 0 bridgehead atoms. The number of nitrogens with zero attached hydrogens (tertiary/aromatic N) is 5.